The molecule has 5 aromatic rings. The molecule has 0 bridgehead atoms. The van der Waals surface area contributed by atoms with E-state index >= 15 is 0 Å². The van der Waals surface area contributed by atoms with Crippen molar-refractivity contribution in [2.24, 2.45) is 0 Å². The summed E-state index contributed by atoms with van der Waals surface area (Å²) < 4.78 is 2.36. The molecule has 0 radical (unpaired) electrons. The van der Waals surface area contributed by atoms with E-state index < -0.39 is 0 Å². The first kappa shape index (κ1) is 17.1. The lowest BCUT2D eigenvalue weighted by molar-refractivity contribution is 1.30. The Morgan fingerprint density at radius 1 is 0.586 bits per heavy atom. The van der Waals surface area contributed by atoms with Gasteiger partial charge in [-0.1, -0.05) is 24.3 Å². The quantitative estimate of drug-likeness (QED) is 0.376. The van der Waals surface area contributed by atoms with Crippen molar-refractivity contribution in [1.29, 1.82) is 10.5 Å². The zero-order valence-electron chi connectivity index (χ0n) is 15.1. The van der Waals surface area contributed by atoms with Gasteiger partial charge in [0.25, 0.3) is 0 Å². The molecule has 0 spiro atoms. The summed E-state index contributed by atoms with van der Waals surface area (Å²) in [6.07, 6.45) is 6.70. The van der Waals surface area contributed by atoms with Crippen LogP contribution in [0.4, 0.5) is 0 Å². The van der Waals surface area contributed by atoms with Crippen molar-refractivity contribution < 1.29 is 0 Å². The normalized spacial score (nSPS) is 10.7. The molecule has 0 N–H and O–H groups in total. The minimum absolute atomic E-state index is 0.553. The highest BCUT2D eigenvalue weighted by atomic mass is 32.1. The number of rotatable bonds is 2. The Morgan fingerprint density at radius 2 is 1.07 bits per heavy atom. The Bertz CT molecular complexity index is 1370. The lowest BCUT2D eigenvalue weighted by Gasteiger charge is -2.02. The second-order valence-electron chi connectivity index (χ2n) is 6.67. The molecular formula is C24H12N4S. The van der Waals surface area contributed by atoms with Gasteiger partial charge in [0, 0.05) is 56.1 Å². The van der Waals surface area contributed by atoms with Crippen LogP contribution in [0.5, 0.6) is 0 Å². The highest BCUT2D eigenvalue weighted by molar-refractivity contribution is 7.25. The average molecular weight is 388 g/mol. The number of hydrogen-bond donors (Lipinski definition) is 0. The molecule has 29 heavy (non-hydrogen) atoms. The lowest BCUT2D eigenvalue weighted by Crippen LogP contribution is -1.83. The minimum Gasteiger partial charge on any atom is -0.263 e. The zero-order chi connectivity index (χ0) is 19.8. The number of nitrogens with zero attached hydrogens (tertiary/aromatic N) is 4. The van der Waals surface area contributed by atoms with Crippen molar-refractivity contribution in [3.8, 4) is 34.4 Å². The fourth-order valence-electron chi connectivity index (χ4n) is 3.45. The van der Waals surface area contributed by atoms with Crippen molar-refractivity contribution in [3.63, 3.8) is 0 Å². The second-order valence-corrected chi connectivity index (χ2v) is 7.76. The average Bonchev–Trinajstić information content (AvgIpc) is 3.16. The third-order valence-electron chi connectivity index (χ3n) is 4.87. The Kier molecular flexibility index (Phi) is 4.02. The number of fused-ring (bicyclic) bond motifs is 3. The number of nitriles is 2. The van der Waals surface area contributed by atoms with Crippen LogP contribution < -0.4 is 0 Å². The first-order valence-corrected chi connectivity index (χ1v) is 9.74. The Balaban J connectivity index is 1.63. The first-order valence-electron chi connectivity index (χ1n) is 8.92. The maximum Gasteiger partial charge on any atom is 0.101 e. The van der Waals surface area contributed by atoms with E-state index in [0.717, 1.165) is 22.3 Å². The maximum atomic E-state index is 9.12. The molecule has 0 atom stereocenters. The van der Waals surface area contributed by atoms with Crippen LogP contribution in [-0.2, 0) is 0 Å². The number of hydrogen-bond acceptors (Lipinski definition) is 5. The number of aromatic nitrogens is 2. The minimum atomic E-state index is 0.553. The van der Waals surface area contributed by atoms with Crippen LogP contribution in [0.2, 0.25) is 0 Å². The Hall–Kier alpha value is -4.06. The highest BCUT2D eigenvalue weighted by Gasteiger charge is 2.09. The molecule has 0 saturated carbocycles. The molecule has 3 heterocycles. The van der Waals surface area contributed by atoms with Gasteiger partial charge < -0.3 is 0 Å². The standard InChI is InChI=1S/C24H12N4S/c25-9-15-5-19(13-27-11-15)17-1-3-21-22-4-2-18(8-24(22)29-23(21)7-17)20-6-16(10-26)12-28-14-20/h1-8,11-14H. The van der Waals surface area contributed by atoms with Crippen molar-refractivity contribution in [3.05, 3.63) is 84.4 Å². The van der Waals surface area contributed by atoms with Gasteiger partial charge in [0.15, 0.2) is 0 Å². The monoisotopic (exact) mass is 388 g/mol. The van der Waals surface area contributed by atoms with Crippen LogP contribution in [0.1, 0.15) is 11.1 Å². The fraction of sp³-hybridized carbons (Fsp3) is 0. The molecule has 0 aliphatic heterocycles. The molecule has 2 aromatic carbocycles. The summed E-state index contributed by atoms with van der Waals surface area (Å²) in [5.41, 5.74) is 5.06. The van der Waals surface area contributed by atoms with Gasteiger partial charge in [-0.2, -0.15) is 10.5 Å². The van der Waals surface area contributed by atoms with Gasteiger partial charge in [0.05, 0.1) is 11.1 Å². The number of benzene rings is 2. The van der Waals surface area contributed by atoms with Crippen LogP contribution in [0.25, 0.3) is 42.4 Å². The lowest BCUT2D eigenvalue weighted by atomic mass is 10.0. The van der Waals surface area contributed by atoms with E-state index in [1.807, 2.05) is 12.1 Å². The third kappa shape index (κ3) is 3.00. The SMILES string of the molecule is N#Cc1cncc(-c2ccc3c(c2)sc2cc(-c4cncc(C#N)c4)ccc23)c1. The van der Waals surface area contributed by atoms with Crippen LogP contribution in [0, 0.1) is 22.7 Å². The summed E-state index contributed by atoms with van der Waals surface area (Å²) in [5, 5.41) is 20.6. The molecule has 5 rings (SSSR count). The summed E-state index contributed by atoms with van der Waals surface area (Å²) in [6, 6.07) is 20.7. The van der Waals surface area contributed by atoms with E-state index in [0.29, 0.717) is 11.1 Å². The van der Waals surface area contributed by atoms with Crippen molar-refractivity contribution in [2.45, 2.75) is 0 Å². The molecular weight excluding hydrogens is 376 g/mol. The molecule has 134 valence electrons. The third-order valence-corrected chi connectivity index (χ3v) is 5.99. The second kappa shape index (κ2) is 6.83. The summed E-state index contributed by atoms with van der Waals surface area (Å²) in [4.78, 5) is 8.33. The van der Waals surface area contributed by atoms with Gasteiger partial charge in [-0.25, -0.2) is 0 Å². The van der Waals surface area contributed by atoms with Crippen LogP contribution >= 0.6 is 11.3 Å². The predicted molar refractivity (Wildman–Crippen MR) is 115 cm³/mol. The highest BCUT2D eigenvalue weighted by Crippen LogP contribution is 2.38. The van der Waals surface area contributed by atoms with Crippen LogP contribution in [0.15, 0.2) is 73.3 Å². The zero-order valence-corrected chi connectivity index (χ0v) is 15.9. The van der Waals surface area contributed by atoms with Crippen LogP contribution in [-0.4, -0.2) is 9.97 Å². The van der Waals surface area contributed by atoms with E-state index in [2.05, 4.69) is 58.5 Å². The summed E-state index contributed by atoms with van der Waals surface area (Å²) in [7, 11) is 0. The predicted octanol–water partition coefficient (Wildman–Crippen LogP) is 5.92. The Morgan fingerprint density at radius 3 is 1.52 bits per heavy atom. The fourth-order valence-corrected chi connectivity index (χ4v) is 4.64. The molecule has 0 aliphatic rings. The smallest absolute Gasteiger partial charge is 0.101 e. The van der Waals surface area contributed by atoms with E-state index in [4.69, 9.17) is 10.5 Å². The molecule has 3 aromatic heterocycles. The summed E-state index contributed by atoms with van der Waals surface area (Å²) in [5.74, 6) is 0. The molecule has 4 nitrogen and oxygen atoms in total. The van der Waals surface area contributed by atoms with Crippen molar-refractivity contribution >= 4 is 31.5 Å². The van der Waals surface area contributed by atoms with Gasteiger partial charge in [0.1, 0.15) is 12.1 Å². The molecule has 0 aliphatic carbocycles. The summed E-state index contributed by atoms with van der Waals surface area (Å²) >= 11 is 1.73. The van der Waals surface area contributed by atoms with Gasteiger partial charge in [-0.3, -0.25) is 9.97 Å². The number of pyridine rings is 2. The molecule has 0 unspecified atom stereocenters. The van der Waals surface area contributed by atoms with E-state index in [-0.39, 0.29) is 0 Å². The van der Waals surface area contributed by atoms with Gasteiger partial charge in [0.2, 0.25) is 0 Å². The number of thiophene rings is 1. The van der Waals surface area contributed by atoms with Crippen LogP contribution in [0.3, 0.4) is 0 Å². The van der Waals surface area contributed by atoms with Gasteiger partial charge in [-0.15, -0.1) is 11.3 Å². The molecule has 0 saturated heterocycles. The van der Waals surface area contributed by atoms with E-state index in [1.165, 1.54) is 20.2 Å². The first-order chi connectivity index (χ1) is 14.2. The molecule has 0 fully saturated rings. The van der Waals surface area contributed by atoms with Crippen molar-refractivity contribution in [1.82, 2.24) is 9.97 Å². The molecule has 5 heteroatoms. The van der Waals surface area contributed by atoms with Gasteiger partial charge >= 0.3 is 0 Å². The maximum absolute atomic E-state index is 9.12. The topological polar surface area (TPSA) is 73.4 Å². The van der Waals surface area contributed by atoms with E-state index in [1.54, 1.807) is 36.1 Å². The summed E-state index contributed by atoms with van der Waals surface area (Å²) in [6.45, 7) is 0. The van der Waals surface area contributed by atoms with Gasteiger partial charge in [-0.05, 0) is 35.4 Å². The Labute approximate surface area is 171 Å². The largest absolute Gasteiger partial charge is 0.263 e. The van der Waals surface area contributed by atoms with Crippen molar-refractivity contribution in [2.75, 3.05) is 0 Å². The van der Waals surface area contributed by atoms with E-state index in [9.17, 15) is 0 Å². The molecule has 0 amide bonds.